The first kappa shape index (κ1) is 17.5. The minimum Gasteiger partial charge on any atom is -0.364 e. The Morgan fingerprint density at radius 2 is 1.92 bits per heavy atom. The average molecular weight is 342 g/mol. The lowest BCUT2D eigenvalue weighted by molar-refractivity contribution is 0.131. The van der Waals surface area contributed by atoms with Crippen molar-refractivity contribution in [2.24, 2.45) is 0 Å². The number of carbonyl (C=O) groups excluding carboxylic acids is 1. The van der Waals surface area contributed by atoms with E-state index in [-0.39, 0.29) is 12.1 Å². The molecule has 1 N–H and O–H groups in total. The van der Waals surface area contributed by atoms with Crippen LogP contribution in [-0.2, 0) is 6.54 Å². The molecule has 0 bridgehead atoms. The second-order valence-corrected chi connectivity index (χ2v) is 6.57. The van der Waals surface area contributed by atoms with Crippen molar-refractivity contribution in [1.29, 1.82) is 0 Å². The summed E-state index contributed by atoms with van der Waals surface area (Å²) in [6, 6.07) is 10.3. The Morgan fingerprint density at radius 1 is 1.20 bits per heavy atom. The molecule has 0 radical (unpaired) electrons. The fourth-order valence-electron chi connectivity index (χ4n) is 3.12. The summed E-state index contributed by atoms with van der Waals surface area (Å²) in [6.07, 6.45) is 2.47. The van der Waals surface area contributed by atoms with Crippen molar-refractivity contribution in [2.45, 2.75) is 32.9 Å². The number of hydrogen-bond acceptors (Lipinski definition) is 4. The van der Waals surface area contributed by atoms with E-state index >= 15 is 0 Å². The highest BCUT2D eigenvalue weighted by molar-refractivity contribution is 5.74. The van der Waals surface area contributed by atoms with Gasteiger partial charge in [-0.1, -0.05) is 41.9 Å². The summed E-state index contributed by atoms with van der Waals surface area (Å²) >= 11 is 0. The number of aryl methyl sites for hydroxylation is 1. The Kier molecular flexibility index (Phi) is 5.71. The molecule has 1 aliphatic rings. The van der Waals surface area contributed by atoms with Gasteiger partial charge < -0.3 is 14.7 Å². The van der Waals surface area contributed by atoms with Gasteiger partial charge in [0.2, 0.25) is 0 Å². The zero-order chi connectivity index (χ0) is 17.6. The molecule has 25 heavy (non-hydrogen) atoms. The zero-order valence-corrected chi connectivity index (χ0v) is 14.9. The predicted molar refractivity (Wildman–Crippen MR) is 96.1 cm³/mol. The molecule has 2 amide bonds. The number of amides is 2. The third kappa shape index (κ3) is 4.60. The molecule has 0 aliphatic carbocycles. The maximum atomic E-state index is 12.6. The predicted octanol–water partition coefficient (Wildman–Crippen LogP) is 2.96. The van der Waals surface area contributed by atoms with E-state index in [2.05, 4.69) is 53.5 Å². The first-order chi connectivity index (χ1) is 12.2. The lowest BCUT2D eigenvalue weighted by atomic mass is 10.0. The van der Waals surface area contributed by atoms with Gasteiger partial charge in [-0.15, -0.1) is 0 Å². The normalized spacial score (nSPS) is 16.6. The lowest BCUT2D eigenvalue weighted by Gasteiger charge is -2.35. The Labute approximate surface area is 148 Å². The smallest absolute Gasteiger partial charge is 0.317 e. The van der Waals surface area contributed by atoms with Crippen LogP contribution in [0.3, 0.4) is 0 Å². The van der Waals surface area contributed by atoms with Gasteiger partial charge in [-0.2, -0.15) is 0 Å². The van der Waals surface area contributed by atoms with Crippen LogP contribution in [0.1, 0.15) is 36.2 Å². The summed E-state index contributed by atoms with van der Waals surface area (Å²) in [5, 5.41) is 7.12. The summed E-state index contributed by atoms with van der Waals surface area (Å²) < 4.78 is 4.87. The standard InChI is InChI=1S/C19H26N4O2/c1-3-18(16-6-4-15(2)5-7-16)20-19(24)23-11-9-22(10-12-23)14-17-8-13-25-21-17/h4-8,13,18H,3,9-12,14H2,1-2H3,(H,20,24)/t18-/m1/s1. The molecule has 2 heterocycles. The summed E-state index contributed by atoms with van der Waals surface area (Å²) in [7, 11) is 0. The number of rotatable bonds is 5. The number of nitrogens with zero attached hydrogens (tertiary/aromatic N) is 3. The van der Waals surface area contributed by atoms with Crippen LogP contribution in [0.4, 0.5) is 4.79 Å². The quantitative estimate of drug-likeness (QED) is 0.907. The fourth-order valence-corrected chi connectivity index (χ4v) is 3.12. The molecule has 134 valence electrons. The first-order valence-electron chi connectivity index (χ1n) is 8.89. The van der Waals surface area contributed by atoms with E-state index < -0.39 is 0 Å². The maximum Gasteiger partial charge on any atom is 0.317 e. The van der Waals surface area contributed by atoms with Gasteiger partial charge in [0.05, 0.1) is 11.7 Å². The number of hydrogen-bond donors (Lipinski definition) is 1. The van der Waals surface area contributed by atoms with Gasteiger partial charge >= 0.3 is 6.03 Å². The number of urea groups is 1. The number of aromatic nitrogens is 1. The summed E-state index contributed by atoms with van der Waals surface area (Å²) in [6.45, 7) is 8.10. The molecule has 1 atom stereocenters. The maximum absolute atomic E-state index is 12.6. The van der Waals surface area contributed by atoms with Crippen molar-refractivity contribution in [1.82, 2.24) is 20.3 Å². The van der Waals surface area contributed by atoms with Crippen LogP contribution < -0.4 is 5.32 Å². The topological polar surface area (TPSA) is 61.6 Å². The van der Waals surface area contributed by atoms with E-state index in [1.54, 1.807) is 6.26 Å². The van der Waals surface area contributed by atoms with E-state index in [0.717, 1.165) is 50.4 Å². The number of benzene rings is 1. The van der Waals surface area contributed by atoms with E-state index in [0.29, 0.717) is 0 Å². The van der Waals surface area contributed by atoms with E-state index in [4.69, 9.17) is 4.52 Å². The van der Waals surface area contributed by atoms with Gasteiger partial charge in [0.15, 0.2) is 0 Å². The van der Waals surface area contributed by atoms with Crippen LogP contribution in [0, 0.1) is 6.92 Å². The monoisotopic (exact) mass is 342 g/mol. The molecule has 1 saturated heterocycles. The molecular weight excluding hydrogens is 316 g/mol. The number of nitrogens with one attached hydrogen (secondary N) is 1. The van der Waals surface area contributed by atoms with Gasteiger partial charge in [0.25, 0.3) is 0 Å². The van der Waals surface area contributed by atoms with E-state index in [1.807, 2.05) is 11.0 Å². The van der Waals surface area contributed by atoms with Gasteiger partial charge in [-0.05, 0) is 18.9 Å². The highest BCUT2D eigenvalue weighted by Crippen LogP contribution is 2.18. The van der Waals surface area contributed by atoms with Crippen molar-refractivity contribution in [3.05, 3.63) is 53.4 Å². The lowest BCUT2D eigenvalue weighted by Crippen LogP contribution is -2.51. The van der Waals surface area contributed by atoms with Crippen molar-refractivity contribution >= 4 is 6.03 Å². The summed E-state index contributed by atoms with van der Waals surface area (Å²) in [4.78, 5) is 16.8. The molecule has 0 saturated carbocycles. The van der Waals surface area contributed by atoms with Crippen LogP contribution in [0.2, 0.25) is 0 Å². The third-order valence-electron chi connectivity index (χ3n) is 4.72. The SMILES string of the molecule is CC[C@@H](NC(=O)N1CCN(Cc2ccon2)CC1)c1ccc(C)cc1. The van der Waals surface area contributed by atoms with E-state index in [1.165, 1.54) is 5.56 Å². The van der Waals surface area contributed by atoms with Crippen LogP contribution >= 0.6 is 0 Å². The molecule has 3 rings (SSSR count). The zero-order valence-electron chi connectivity index (χ0n) is 14.9. The fraction of sp³-hybridized carbons (Fsp3) is 0.474. The molecule has 6 heteroatoms. The average Bonchev–Trinajstić information content (AvgIpc) is 3.14. The van der Waals surface area contributed by atoms with Crippen molar-refractivity contribution in [3.8, 4) is 0 Å². The Morgan fingerprint density at radius 3 is 2.52 bits per heavy atom. The van der Waals surface area contributed by atoms with Crippen molar-refractivity contribution in [2.75, 3.05) is 26.2 Å². The largest absolute Gasteiger partial charge is 0.364 e. The van der Waals surface area contributed by atoms with Crippen LogP contribution in [0.15, 0.2) is 41.1 Å². The minimum absolute atomic E-state index is 0.0218. The molecule has 0 unspecified atom stereocenters. The van der Waals surface area contributed by atoms with Crippen molar-refractivity contribution < 1.29 is 9.32 Å². The van der Waals surface area contributed by atoms with Gasteiger partial charge in [0.1, 0.15) is 6.26 Å². The highest BCUT2D eigenvalue weighted by atomic mass is 16.5. The summed E-state index contributed by atoms with van der Waals surface area (Å²) in [5.41, 5.74) is 3.32. The summed E-state index contributed by atoms with van der Waals surface area (Å²) in [5.74, 6) is 0. The Balaban J connectivity index is 1.50. The molecule has 2 aromatic rings. The van der Waals surface area contributed by atoms with Gasteiger partial charge in [-0.25, -0.2) is 4.79 Å². The Bertz CT molecular complexity index is 661. The second-order valence-electron chi connectivity index (χ2n) is 6.57. The molecule has 1 fully saturated rings. The Hall–Kier alpha value is -2.34. The van der Waals surface area contributed by atoms with Crippen LogP contribution in [0.5, 0.6) is 0 Å². The minimum atomic E-state index is 0.0218. The van der Waals surface area contributed by atoms with Gasteiger partial charge in [0, 0.05) is 38.8 Å². The molecule has 6 nitrogen and oxygen atoms in total. The van der Waals surface area contributed by atoms with Gasteiger partial charge in [-0.3, -0.25) is 4.90 Å². The molecule has 1 aliphatic heterocycles. The number of piperazine rings is 1. The van der Waals surface area contributed by atoms with Crippen molar-refractivity contribution in [3.63, 3.8) is 0 Å². The number of carbonyl (C=O) groups is 1. The molecule has 1 aromatic carbocycles. The molecular formula is C19H26N4O2. The first-order valence-corrected chi connectivity index (χ1v) is 8.89. The van der Waals surface area contributed by atoms with Crippen LogP contribution in [0.25, 0.3) is 0 Å². The van der Waals surface area contributed by atoms with E-state index in [9.17, 15) is 4.79 Å². The highest BCUT2D eigenvalue weighted by Gasteiger charge is 2.23. The second kappa shape index (κ2) is 8.16. The van der Waals surface area contributed by atoms with Crippen LogP contribution in [-0.4, -0.2) is 47.2 Å². The third-order valence-corrected chi connectivity index (χ3v) is 4.72. The molecule has 1 aromatic heterocycles. The molecule has 0 spiro atoms.